The molecule has 2 atom stereocenters. The van der Waals surface area contributed by atoms with Gasteiger partial charge in [0.05, 0.1) is 17.0 Å². The first-order valence-corrected chi connectivity index (χ1v) is 13.8. The number of rotatable bonds is 6. The number of hydrogen-bond donors (Lipinski definition) is 2. The highest BCUT2D eigenvalue weighted by Gasteiger charge is 2.41. The lowest BCUT2D eigenvalue weighted by Crippen LogP contribution is -2.53. The van der Waals surface area contributed by atoms with Crippen LogP contribution >= 0.6 is 23.8 Å². The van der Waals surface area contributed by atoms with Gasteiger partial charge >= 0.3 is 0 Å². The molecule has 2 aliphatic rings. The second-order valence-corrected chi connectivity index (χ2v) is 11.3. The smallest absolute Gasteiger partial charge is 0.241 e. The van der Waals surface area contributed by atoms with Crippen molar-refractivity contribution in [3.63, 3.8) is 0 Å². The van der Waals surface area contributed by atoms with Crippen LogP contribution in [0.3, 0.4) is 0 Å². The van der Waals surface area contributed by atoms with Crippen LogP contribution in [0.15, 0.2) is 78.2 Å². The van der Waals surface area contributed by atoms with Crippen LogP contribution in [0.5, 0.6) is 0 Å². The molecule has 1 aliphatic carbocycles. The van der Waals surface area contributed by atoms with E-state index >= 15 is 0 Å². The predicted molar refractivity (Wildman–Crippen MR) is 145 cm³/mol. The van der Waals surface area contributed by atoms with Gasteiger partial charge in [-0.2, -0.15) is 0 Å². The molecule has 182 valence electrons. The van der Waals surface area contributed by atoms with Crippen molar-refractivity contribution in [1.29, 1.82) is 0 Å². The quantitative estimate of drug-likeness (QED) is 0.370. The van der Waals surface area contributed by atoms with Crippen LogP contribution in [0.4, 0.5) is 0 Å². The van der Waals surface area contributed by atoms with Crippen LogP contribution in [0, 0.1) is 0 Å². The highest BCUT2D eigenvalue weighted by molar-refractivity contribution is 7.89. The van der Waals surface area contributed by atoms with E-state index in [9.17, 15) is 8.42 Å². The average Bonchev–Trinajstić information content (AvgIpc) is 3.17. The van der Waals surface area contributed by atoms with Crippen molar-refractivity contribution in [2.45, 2.75) is 17.0 Å². The molecule has 0 spiro atoms. The van der Waals surface area contributed by atoms with Gasteiger partial charge in [0, 0.05) is 37.7 Å². The van der Waals surface area contributed by atoms with Gasteiger partial charge in [-0.3, -0.25) is 4.90 Å². The highest BCUT2D eigenvalue weighted by atomic mass is 35.5. The third-order valence-corrected chi connectivity index (χ3v) is 8.85. The summed E-state index contributed by atoms with van der Waals surface area (Å²) in [6.07, 6.45) is 1.79. The summed E-state index contributed by atoms with van der Waals surface area (Å²) in [5.41, 5.74) is 2.16. The summed E-state index contributed by atoms with van der Waals surface area (Å²) in [7, 11) is -3.77. The Morgan fingerprint density at radius 3 is 2.34 bits per heavy atom. The highest BCUT2D eigenvalue weighted by Crippen LogP contribution is 2.47. The molecule has 9 heteroatoms. The number of thiocarbonyl (C=S) groups is 1. The fourth-order valence-electron chi connectivity index (χ4n) is 5.11. The van der Waals surface area contributed by atoms with Crippen molar-refractivity contribution in [3.8, 4) is 0 Å². The Balaban J connectivity index is 1.46. The average molecular weight is 527 g/mol. The minimum atomic E-state index is -3.77. The molecule has 35 heavy (non-hydrogen) atoms. The number of sulfonamides is 1. The molecular weight excluding hydrogens is 500 g/mol. The fraction of sp³-hybridized carbons (Fsp3) is 0.269. The van der Waals surface area contributed by atoms with Gasteiger partial charge in [-0.1, -0.05) is 54.1 Å². The van der Waals surface area contributed by atoms with Crippen molar-refractivity contribution in [2.75, 3.05) is 32.7 Å². The number of hydrogen-bond acceptors (Lipinski definition) is 4. The third kappa shape index (κ3) is 4.69. The summed E-state index contributed by atoms with van der Waals surface area (Å²) in [5, 5.41) is 6.67. The van der Waals surface area contributed by atoms with Gasteiger partial charge in [-0.05, 0) is 58.4 Å². The van der Waals surface area contributed by atoms with E-state index in [1.54, 1.807) is 18.2 Å². The summed E-state index contributed by atoms with van der Waals surface area (Å²) in [4.78, 5) is 4.73. The molecule has 3 aromatic rings. The third-order valence-electron chi connectivity index (χ3n) is 6.74. The Kier molecular flexibility index (Phi) is 6.83. The molecule has 2 N–H and O–H groups in total. The van der Waals surface area contributed by atoms with Gasteiger partial charge in [0.15, 0.2) is 5.11 Å². The number of piperazine rings is 1. The Morgan fingerprint density at radius 2 is 1.69 bits per heavy atom. The lowest BCUT2D eigenvalue weighted by Gasteiger charge is -2.41. The second kappa shape index (κ2) is 9.87. The van der Waals surface area contributed by atoms with Gasteiger partial charge < -0.3 is 10.2 Å². The first-order chi connectivity index (χ1) is 16.9. The SMILES string of the molecule is C=CCNC(=S)N1CCN([C@H]2c3cccc4cccc(c34)[C@@H]2NS(=O)(=O)c2ccc(Cl)cc2)CC1. The van der Waals surface area contributed by atoms with Crippen LogP contribution in [-0.4, -0.2) is 56.1 Å². The zero-order valence-electron chi connectivity index (χ0n) is 19.2. The van der Waals surface area contributed by atoms with Crippen LogP contribution in [0.1, 0.15) is 23.2 Å². The molecule has 0 bridgehead atoms. The van der Waals surface area contributed by atoms with E-state index in [0.717, 1.165) is 53.2 Å². The Labute approximate surface area is 216 Å². The maximum atomic E-state index is 13.4. The Bertz CT molecular complexity index is 1360. The summed E-state index contributed by atoms with van der Waals surface area (Å²) in [6.45, 7) is 7.43. The predicted octanol–water partition coefficient (Wildman–Crippen LogP) is 4.25. The summed E-state index contributed by atoms with van der Waals surface area (Å²) in [6, 6.07) is 18.1. The molecule has 5 rings (SSSR count). The van der Waals surface area contributed by atoms with Crippen molar-refractivity contribution in [2.24, 2.45) is 0 Å². The molecule has 1 heterocycles. The standard InChI is InChI=1S/C26H27ClN4O2S2/c1-2-13-28-26(34)31-16-14-30(15-17-31)25-22-8-4-6-18-5-3-7-21(23(18)22)24(25)29-35(32,33)20-11-9-19(27)10-12-20/h2-12,24-25,29H,1,13-17H2,(H,28,34)/t24-,25-/m0/s1. The van der Waals surface area contributed by atoms with E-state index < -0.39 is 16.1 Å². The molecule has 0 amide bonds. The lowest BCUT2D eigenvalue weighted by atomic mass is 10.0. The number of benzene rings is 3. The van der Waals surface area contributed by atoms with E-state index in [2.05, 4.69) is 50.7 Å². The molecule has 0 aromatic heterocycles. The molecule has 0 saturated carbocycles. The molecule has 3 aromatic carbocycles. The molecular formula is C26H27ClN4O2S2. The van der Waals surface area contributed by atoms with Gasteiger partial charge in [-0.15, -0.1) is 6.58 Å². The maximum Gasteiger partial charge on any atom is 0.241 e. The molecule has 1 saturated heterocycles. The zero-order chi connectivity index (χ0) is 24.6. The summed E-state index contributed by atoms with van der Waals surface area (Å²) in [5.74, 6) is 0. The zero-order valence-corrected chi connectivity index (χ0v) is 21.5. The molecule has 1 fully saturated rings. The second-order valence-electron chi connectivity index (χ2n) is 8.79. The van der Waals surface area contributed by atoms with Crippen LogP contribution < -0.4 is 10.0 Å². The van der Waals surface area contributed by atoms with Crippen LogP contribution in [0.25, 0.3) is 10.8 Å². The number of halogens is 1. The van der Waals surface area contributed by atoms with E-state index in [-0.39, 0.29) is 10.9 Å². The monoisotopic (exact) mass is 526 g/mol. The first-order valence-electron chi connectivity index (χ1n) is 11.6. The van der Waals surface area contributed by atoms with Gasteiger partial charge in [0.1, 0.15) is 0 Å². The number of nitrogens with one attached hydrogen (secondary N) is 2. The molecule has 6 nitrogen and oxygen atoms in total. The van der Waals surface area contributed by atoms with Crippen molar-refractivity contribution in [1.82, 2.24) is 19.8 Å². The van der Waals surface area contributed by atoms with Crippen LogP contribution in [0.2, 0.25) is 5.02 Å². The topological polar surface area (TPSA) is 64.7 Å². The molecule has 0 unspecified atom stereocenters. The van der Waals surface area contributed by atoms with Gasteiger partial charge in [0.2, 0.25) is 10.0 Å². The normalized spacial score (nSPS) is 20.2. The van der Waals surface area contributed by atoms with Gasteiger partial charge in [-0.25, -0.2) is 13.1 Å². The summed E-state index contributed by atoms with van der Waals surface area (Å²) >= 11 is 11.5. The summed E-state index contributed by atoms with van der Waals surface area (Å²) < 4.78 is 29.9. The van der Waals surface area contributed by atoms with Crippen molar-refractivity contribution < 1.29 is 8.42 Å². The van der Waals surface area contributed by atoms with E-state index in [1.807, 2.05) is 12.1 Å². The maximum absolute atomic E-state index is 13.4. The minimum Gasteiger partial charge on any atom is -0.359 e. The fourth-order valence-corrected chi connectivity index (χ4v) is 6.73. The first kappa shape index (κ1) is 24.2. The molecule has 1 aliphatic heterocycles. The Morgan fingerprint density at radius 1 is 1.03 bits per heavy atom. The van der Waals surface area contributed by atoms with E-state index in [4.69, 9.17) is 23.8 Å². The van der Waals surface area contributed by atoms with Crippen molar-refractivity contribution >= 4 is 49.7 Å². The largest absolute Gasteiger partial charge is 0.359 e. The molecule has 0 radical (unpaired) electrons. The van der Waals surface area contributed by atoms with Crippen LogP contribution in [-0.2, 0) is 10.0 Å². The minimum absolute atomic E-state index is 0.116. The van der Waals surface area contributed by atoms with E-state index in [1.165, 1.54) is 12.1 Å². The van der Waals surface area contributed by atoms with Gasteiger partial charge in [0.25, 0.3) is 0 Å². The van der Waals surface area contributed by atoms with Crippen molar-refractivity contribution in [3.05, 3.63) is 89.5 Å². The lowest BCUT2D eigenvalue weighted by molar-refractivity contribution is 0.116. The number of nitrogens with zero attached hydrogens (tertiary/aromatic N) is 2. The van der Waals surface area contributed by atoms with E-state index in [0.29, 0.717) is 11.6 Å². The Hall–Kier alpha value is -2.49.